The summed E-state index contributed by atoms with van der Waals surface area (Å²) in [7, 11) is 0. The summed E-state index contributed by atoms with van der Waals surface area (Å²) in [6, 6.07) is 9.29. The molecule has 0 spiro atoms. The van der Waals surface area contributed by atoms with Gasteiger partial charge in [-0.3, -0.25) is 4.98 Å². The molecule has 1 nitrogen and oxygen atoms in total. The first-order valence-corrected chi connectivity index (χ1v) is 4.04. The van der Waals surface area contributed by atoms with E-state index in [0.29, 0.717) is 11.3 Å². The highest BCUT2D eigenvalue weighted by atomic mass is 19.1. The number of rotatable bonds is 1. The van der Waals surface area contributed by atoms with Gasteiger partial charge in [-0.25, -0.2) is 8.78 Å². The molecule has 0 saturated heterocycles. The molecular formula is C11H6F2N. The average Bonchev–Trinajstić information content (AvgIpc) is 2.18. The normalized spacial score (nSPS) is 10.1. The van der Waals surface area contributed by atoms with E-state index < -0.39 is 11.6 Å². The minimum absolute atomic E-state index is 0.416. The third-order valence-corrected chi connectivity index (χ3v) is 1.76. The summed E-state index contributed by atoms with van der Waals surface area (Å²) < 4.78 is 25.7. The van der Waals surface area contributed by atoms with Crippen molar-refractivity contribution in [1.82, 2.24) is 4.98 Å². The predicted molar refractivity (Wildman–Crippen MR) is 48.4 cm³/mol. The van der Waals surface area contributed by atoms with Crippen molar-refractivity contribution in [2.45, 2.75) is 0 Å². The van der Waals surface area contributed by atoms with Crippen molar-refractivity contribution < 1.29 is 8.78 Å². The van der Waals surface area contributed by atoms with Gasteiger partial charge < -0.3 is 0 Å². The van der Waals surface area contributed by atoms with Crippen molar-refractivity contribution in [2.75, 3.05) is 0 Å². The van der Waals surface area contributed by atoms with E-state index in [1.165, 1.54) is 18.3 Å². The fourth-order valence-corrected chi connectivity index (χ4v) is 1.18. The predicted octanol–water partition coefficient (Wildman–Crippen LogP) is 2.83. The molecule has 69 valence electrons. The van der Waals surface area contributed by atoms with Gasteiger partial charge in [-0.05, 0) is 30.3 Å². The monoisotopic (exact) mass is 190 g/mol. The molecule has 1 radical (unpaired) electrons. The second kappa shape index (κ2) is 3.54. The van der Waals surface area contributed by atoms with Gasteiger partial charge in [0.2, 0.25) is 0 Å². The SMILES string of the molecule is Fc1cc(F)cc(-c2c[c]ccn2)c1. The van der Waals surface area contributed by atoms with E-state index in [9.17, 15) is 8.78 Å². The second-order valence-electron chi connectivity index (χ2n) is 2.80. The fourth-order valence-electron chi connectivity index (χ4n) is 1.18. The van der Waals surface area contributed by atoms with Gasteiger partial charge in [-0.1, -0.05) is 0 Å². The van der Waals surface area contributed by atoms with Crippen molar-refractivity contribution in [3.05, 3.63) is 54.2 Å². The average molecular weight is 190 g/mol. The molecule has 0 N–H and O–H groups in total. The number of aromatic nitrogens is 1. The van der Waals surface area contributed by atoms with Crippen molar-refractivity contribution >= 4 is 0 Å². The summed E-state index contributed by atoms with van der Waals surface area (Å²) in [5.74, 6) is -1.21. The zero-order chi connectivity index (χ0) is 9.97. The lowest BCUT2D eigenvalue weighted by molar-refractivity contribution is 0.584. The van der Waals surface area contributed by atoms with E-state index in [1.807, 2.05) is 0 Å². The molecular weight excluding hydrogens is 184 g/mol. The number of pyridine rings is 1. The lowest BCUT2D eigenvalue weighted by Crippen LogP contribution is -1.86. The van der Waals surface area contributed by atoms with Crippen LogP contribution in [0.1, 0.15) is 0 Å². The van der Waals surface area contributed by atoms with Crippen LogP contribution in [0.2, 0.25) is 0 Å². The summed E-state index contributed by atoms with van der Waals surface area (Å²) in [6.07, 6.45) is 1.53. The molecule has 0 bridgehead atoms. The van der Waals surface area contributed by atoms with Gasteiger partial charge in [0.25, 0.3) is 0 Å². The summed E-state index contributed by atoms with van der Waals surface area (Å²) in [5, 5.41) is 0. The number of benzene rings is 1. The lowest BCUT2D eigenvalue weighted by atomic mass is 10.1. The molecule has 0 unspecified atom stereocenters. The number of hydrogen-bond donors (Lipinski definition) is 0. The topological polar surface area (TPSA) is 12.9 Å². The Kier molecular flexibility index (Phi) is 2.23. The van der Waals surface area contributed by atoms with Crippen LogP contribution in [-0.4, -0.2) is 4.98 Å². The Morgan fingerprint density at radius 3 is 2.36 bits per heavy atom. The van der Waals surface area contributed by atoms with Crippen LogP contribution in [0.15, 0.2) is 36.5 Å². The summed E-state index contributed by atoms with van der Waals surface area (Å²) in [4.78, 5) is 3.97. The highest BCUT2D eigenvalue weighted by molar-refractivity contribution is 5.58. The molecule has 2 rings (SSSR count). The summed E-state index contributed by atoms with van der Waals surface area (Å²) in [6.45, 7) is 0. The number of halogens is 2. The van der Waals surface area contributed by atoms with Crippen LogP contribution in [0.4, 0.5) is 8.78 Å². The second-order valence-corrected chi connectivity index (χ2v) is 2.80. The Morgan fingerprint density at radius 1 is 1.07 bits per heavy atom. The quantitative estimate of drug-likeness (QED) is 0.673. The summed E-state index contributed by atoms with van der Waals surface area (Å²) in [5.41, 5.74) is 0.922. The third-order valence-electron chi connectivity index (χ3n) is 1.76. The van der Waals surface area contributed by atoms with Gasteiger partial charge in [0.15, 0.2) is 0 Å². The Morgan fingerprint density at radius 2 is 1.79 bits per heavy atom. The molecule has 0 aliphatic heterocycles. The highest BCUT2D eigenvalue weighted by Gasteiger charge is 2.02. The first kappa shape index (κ1) is 8.81. The molecule has 1 aromatic carbocycles. The van der Waals surface area contributed by atoms with Crippen LogP contribution in [0, 0.1) is 17.7 Å². The summed E-state index contributed by atoms with van der Waals surface area (Å²) >= 11 is 0. The van der Waals surface area contributed by atoms with Crippen LogP contribution in [0.25, 0.3) is 11.3 Å². The van der Waals surface area contributed by atoms with E-state index in [-0.39, 0.29) is 0 Å². The zero-order valence-corrected chi connectivity index (χ0v) is 7.17. The van der Waals surface area contributed by atoms with Crippen molar-refractivity contribution in [1.29, 1.82) is 0 Å². The van der Waals surface area contributed by atoms with Crippen LogP contribution in [-0.2, 0) is 0 Å². The Balaban J connectivity index is 2.52. The molecule has 3 heteroatoms. The van der Waals surface area contributed by atoms with Crippen molar-refractivity contribution in [3.63, 3.8) is 0 Å². The molecule has 1 aromatic heterocycles. The zero-order valence-electron chi connectivity index (χ0n) is 7.17. The number of nitrogens with zero attached hydrogens (tertiary/aromatic N) is 1. The minimum Gasteiger partial charge on any atom is -0.256 e. The first-order chi connectivity index (χ1) is 6.75. The molecule has 1 heterocycles. The first-order valence-electron chi connectivity index (χ1n) is 4.04. The largest absolute Gasteiger partial charge is 0.256 e. The van der Waals surface area contributed by atoms with E-state index >= 15 is 0 Å². The molecule has 0 aliphatic rings. The minimum atomic E-state index is -0.606. The van der Waals surface area contributed by atoms with Gasteiger partial charge in [-0.15, -0.1) is 0 Å². The standard InChI is InChI=1S/C11H6F2N/c12-9-5-8(6-10(13)7-9)11-3-1-2-4-14-11/h2-7H. The van der Waals surface area contributed by atoms with Crippen LogP contribution in [0.5, 0.6) is 0 Å². The molecule has 0 fully saturated rings. The van der Waals surface area contributed by atoms with E-state index in [0.717, 1.165) is 6.07 Å². The van der Waals surface area contributed by atoms with Gasteiger partial charge in [0, 0.05) is 17.8 Å². The van der Waals surface area contributed by atoms with Crippen LogP contribution < -0.4 is 0 Å². The van der Waals surface area contributed by atoms with Crippen LogP contribution in [0.3, 0.4) is 0 Å². The van der Waals surface area contributed by atoms with Crippen LogP contribution >= 0.6 is 0 Å². The highest BCUT2D eigenvalue weighted by Crippen LogP contribution is 2.18. The smallest absolute Gasteiger partial charge is 0.126 e. The molecule has 0 saturated carbocycles. The maximum Gasteiger partial charge on any atom is 0.126 e. The molecule has 0 aliphatic carbocycles. The Bertz CT molecular complexity index is 420. The molecule has 14 heavy (non-hydrogen) atoms. The third kappa shape index (κ3) is 1.76. The lowest BCUT2D eigenvalue weighted by Gasteiger charge is -2.00. The van der Waals surface area contributed by atoms with Crippen molar-refractivity contribution in [2.24, 2.45) is 0 Å². The van der Waals surface area contributed by atoms with E-state index in [4.69, 9.17) is 0 Å². The van der Waals surface area contributed by atoms with Gasteiger partial charge in [0.1, 0.15) is 11.6 Å². The Labute approximate surface area is 80.0 Å². The van der Waals surface area contributed by atoms with Gasteiger partial charge in [-0.2, -0.15) is 0 Å². The Hall–Kier alpha value is -1.77. The van der Waals surface area contributed by atoms with Gasteiger partial charge >= 0.3 is 0 Å². The van der Waals surface area contributed by atoms with E-state index in [2.05, 4.69) is 11.1 Å². The maximum absolute atomic E-state index is 12.8. The van der Waals surface area contributed by atoms with Gasteiger partial charge in [0.05, 0.1) is 5.69 Å². The van der Waals surface area contributed by atoms with E-state index in [1.54, 1.807) is 12.1 Å². The fraction of sp³-hybridized carbons (Fsp3) is 0. The maximum atomic E-state index is 12.8. The molecule has 2 aromatic rings. The molecule has 0 amide bonds. The number of hydrogen-bond acceptors (Lipinski definition) is 1. The molecule has 0 atom stereocenters. The van der Waals surface area contributed by atoms with Crippen molar-refractivity contribution in [3.8, 4) is 11.3 Å².